The van der Waals surface area contributed by atoms with Crippen molar-refractivity contribution in [2.75, 3.05) is 13.2 Å². The van der Waals surface area contributed by atoms with Crippen molar-refractivity contribution in [3.8, 4) is 5.75 Å². The molecule has 0 aliphatic rings. The number of ether oxygens (including phenoxy) is 1. The topological polar surface area (TPSA) is 51.2 Å². The van der Waals surface area contributed by atoms with E-state index in [9.17, 15) is 4.79 Å². The molecule has 1 N–H and O–H groups in total. The van der Waals surface area contributed by atoms with E-state index in [2.05, 4.69) is 10.3 Å². The third kappa shape index (κ3) is 3.35. The fraction of sp³-hybridized carbons (Fsp3) is 0.0909. The Bertz CT molecular complexity index is 1070. The molecule has 26 heavy (non-hydrogen) atoms. The van der Waals surface area contributed by atoms with Crippen molar-refractivity contribution in [3.63, 3.8) is 0 Å². The summed E-state index contributed by atoms with van der Waals surface area (Å²) in [7, 11) is 0. The molecule has 0 fully saturated rings. The number of carbonyl (C=O) groups excluding carboxylic acids is 1. The van der Waals surface area contributed by atoms with Gasteiger partial charge in [-0.1, -0.05) is 48.5 Å². The van der Waals surface area contributed by atoms with Crippen LogP contribution >= 0.6 is 0 Å². The first-order chi connectivity index (χ1) is 12.8. The predicted octanol–water partition coefficient (Wildman–Crippen LogP) is 4.20. The number of benzene rings is 3. The van der Waals surface area contributed by atoms with Gasteiger partial charge in [-0.05, 0) is 35.0 Å². The quantitative estimate of drug-likeness (QED) is 0.553. The molecule has 128 valence electrons. The van der Waals surface area contributed by atoms with E-state index >= 15 is 0 Å². The third-order valence-electron chi connectivity index (χ3n) is 4.25. The summed E-state index contributed by atoms with van der Waals surface area (Å²) in [6, 6.07) is 23.4. The van der Waals surface area contributed by atoms with E-state index in [4.69, 9.17) is 4.74 Å². The molecule has 0 bridgehead atoms. The second kappa shape index (κ2) is 7.23. The van der Waals surface area contributed by atoms with Crippen LogP contribution in [-0.2, 0) is 0 Å². The number of nitrogens with one attached hydrogen (secondary N) is 1. The van der Waals surface area contributed by atoms with Gasteiger partial charge in [-0.15, -0.1) is 0 Å². The van der Waals surface area contributed by atoms with Gasteiger partial charge in [-0.2, -0.15) is 0 Å². The lowest BCUT2D eigenvalue weighted by Crippen LogP contribution is -2.28. The smallest absolute Gasteiger partial charge is 0.251 e. The Kier molecular flexibility index (Phi) is 4.48. The first kappa shape index (κ1) is 16.1. The highest BCUT2D eigenvalue weighted by Crippen LogP contribution is 2.22. The summed E-state index contributed by atoms with van der Waals surface area (Å²) in [5.74, 6) is 0.624. The van der Waals surface area contributed by atoms with Crippen LogP contribution in [0.2, 0.25) is 0 Å². The van der Waals surface area contributed by atoms with Gasteiger partial charge in [0.05, 0.1) is 6.54 Å². The normalized spacial score (nSPS) is 10.8. The molecule has 3 aromatic carbocycles. The van der Waals surface area contributed by atoms with E-state index in [1.165, 1.54) is 0 Å². The Morgan fingerprint density at radius 3 is 2.62 bits per heavy atom. The average Bonchev–Trinajstić information content (AvgIpc) is 2.70. The fourth-order valence-electron chi connectivity index (χ4n) is 2.95. The van der Waals surface area contributed by atoms with Crippen molar-refractivity contribution in [1.82, 2.24) is 10.3 Å². The van der Waals surface area contributed by atoms with Crippen LogP contribution in [0.4, 0.5) is 0 Å². The van der Waals surface area contributed by atoms with Crippen LogP contribution in [0.1, 0.15) is 10.4 Å². The van der Waals surface area contributed by atoms with Gasteiger partial charge in [0.25, 0.3) is 5.91 Å². The summed E-state index contributed by atoms with van der Waals surface area (Å²) in [6.07, 6.45) is 1.75. The van der Waals surface area contributed by atoms with Crippen molar-refractivity contribution in [2.24, 2.45) is 0 Å². The summed E-state index contributed by atoms with van der Waals surface area (Å²) in [4.78, 5) is 16.7. The number of fused-ring (bicyclic) bond motifs is 2. The Balaban J connectivity index is 1.37. The number of hydrogen-bond donors (Lipinski definition) is 1. The summed E-state index contributed by atoms with van der Waals surface area (Å²) in [6.45, 7) is 0.809. The van der Waals surface area contributed by atoms with Gasteiger partial charge in [0, 0.05) is 17.1 Å². The zero-order chi connectivity index (χ0) is 17.8. The summed E-state index contributed by atoms with van der Waals surface area (Å²) in [5.41, 5.74) is 1.48. The lowest BCUT2D eigenvalue weighted by Gasteiger charge is -2.10. The van der Waals surface area contributed by atoms with Crippen LogP contribution < -0.4 is 10.1 Å². The van der Waals surface area contributed by atoms with E-state index in [0.29, 0.717) is 18.7 Å². The number of rotatable bonds is 5. The standard InChI is InChI=1S/C22H18N2O2/c25-22(19-11-10-16-5-1-2-6-18(16)15-19)24-13-14-26-20-9-3-7-17-8-4-12-23-21(17)20/h1-12,15H,13-14H2,(H,24,25). The molecule has 0 aliphatic heterocycles. The van der Waals surface area contributed by atoms with Crippen molar-refractivity contribution in [2.45, 2.75) is 0 Å². The second-order valence-corrected chi connectivity index (χ2v) is 6.00. The second-order valence-electron chi connectivity index (χ2n) is 6.00. The van der Waals surface area contributed by atoms with Crippen LogP contribution in [0.15, 0.2) is 79.0 Å². The molecule has 0 aliphatic carbocycles. The minimum Gasteiger partial charge on any atom is -0.489 e. The predicted molar refractivity (Wildman–Crippen MR) is 104 cm³/mol. The molecule has 0 unspecified atom stereocenters. The molecule has 4 heteroatoms. The number of aromatic nitrogens is 1. The maximum Gasteiger partial charge on any atom is 0.251 e. The number of carbonyl (C=O) groups is 1. The SMILES string of the molecule is O=C(NCCOc1cccc2cccnc12)c1ccc2ccccc2c1. The molecule has 1 aromatic heterocycles. The van der Waals surface area contributed by atoms with E-state index < -0.39 is 0 Å². The van der Waals surface area contributed by atoms with E-state index in [-0.39, 0.29) is 5.91 Å². The highest BCUT2D eigenvalue weighted by Gasteiger charge is 2.07. The number of hydrogen-bond acceptors (Lipinski definition) is 3. The Labute approximate surface area is 151 Å². The molecule has 1 amide bonds. The van der Waals surface area contributed by atoms with Crippen LogP contribution in [0.25, 0.3) is 21.7 Å². The van der Waals surface area contributed by atoms with Gasteiger partial charge < -0.3 is 10.1 Å². The molecule has 0 radical (unpaired) electrons. The Morgan fingerprint density at radius 1 is 0.885 bits per heavy atom. The van der Waals surface area contributed by atoms with Gasteiger partial charge in [0.2, 0.25) is 0 Å². The molecule has 4 nitrogen and oxygen atoms in total. The van der Waals surface area contributed by atoms with Gasteiger partial charge in [-0.25, -0.2) is 0 Å². The van der Waals surface area contributed by atoms with Crippen molar-refractivity contribution in [1.29, 1.82) is 0 Å². The summed E-state index contributed by atoms with van der Waals surface area (Å²) < 4.78 is 5.80. The molecule has 4 rings (SSSR count). The third-order valence-corrected chi connectivity index (χ3v) is 4.25. The van der Waals surface area contributed by atoms with Crippen molar-refractivity contribution in [3.05, 3.63) is 84.6 Å². The Morgan fingerprint density at radius 2 is 1.69 bits per heavy atom. The zero-order valence-electron chi connectivity index (χ0n) is 14.2. The molecular formula is C22H18N2O2. The minimum absolute atomic E-state index is 0.101. The highest BCUT2D eigenvalue weighted by atomic mass is 16.5. The lowest BCUT2D eigenvalue weighted by atomic mass is 10.1. The van der Waals surface area contributed by atoms with Crippen molar-refractivity contribution >= 4 is 27.6 Å². The molecule has 1 heterocycles. The van der Waals surface area contributed by atoms with Gasteiger partial charge in [0.1, 0.15) is 17.9 Å². The molecule has 0 saturated carbocycles. The maximum atomic E-state index is 12.3. The highest BCUT2D eigenvalue weighted by molar-refractivity contribution is 5.98. The fourth-order valence-corrected chi connectivity index (χ4v) is 2.95. The average molecular weight is 342 g/mol. The molecule has 0 atom stereocenters. The molecule has 0 saturated heterocycles. The number of pyridine rings is 1. The largest absolute Gasteiger partial charge is 0.489 e. The summed E-state index contributed by atoms with van der Waals surface area (Å²) >= 11 is 0. The van der Waals surface area contributed by atoms with Gasteiger partial charge >= 0.3 is 0 Å². The monoisotopic (exact) mass is 342 g/mol. The first-order valence-electron chi connectivity index (χ1n) is 8.55. The van der Waals surface area contributed by atoms with Gasteiger partial charge in [0.15, 0.2) is 0 Å². The number of nitrogens with zero attached hydrogens (tertiary/aromatic N) is 1. The van der Waals surface area contributed by atoms with Crippen LogP contribution in [0.5, 0.6) is 5.75 Å². The molecular weight excluding hydrogens is 324 g/mol. The Hall–Kier alpha value is -3.40. The number of para-hydroxylation sites is 1. The van der Waals surface area contributed by atoms with Crippen LogP contribution in [0.3, 0.4) is 0 Å². The zero-order valence-corrected chi connectivity index (χ0v) is 14.2. The molecule has 4 aromatic rings. The summed E-state index contributed by atoms with van der Waals surface area (Å²) in [5, 5.41) is 6.11. The van der Waals surface area contributed by atoms with E-state index in [1.807, 2.05) is 72.8 Å². The maximum absolute atomic E-state index is 12.3. The van der Waals surface area contributed by atoms with Crippen molar-refractivity contribution < 1.29 is 9.53 Å². The van der Waals surface area contributed by atoms with Crippen LogP contribution in [0, 0.1) is 0 Å². The van der Waals surface area contributed by atoms with Gasteiger partial charge in [-0.3, -0.25) is 9.78 Å². The molecule has 0 spiro atoms. The lowest BCUT2D eigenvalue weighted by molar-refractivity contribution is 0.0947. The first-order valence-corrected chi connectivity index (χ1v) is 8.55. The van der Waals surface area contributed by atoms with Crippen LogP contribution in [-0.4, -0.2) is 24.0 Å². The van der Waals surface area contributed by atoms with E-state index in [0.717, 1.165) is 27.4 Å². The number of amides is 1. The van der Waals surface area contributed by atoms with E-state index in [1.54, 1.807) is 6.20 Å². The minimum atomic E-state index is -0.101.